The predicted octanol–water partition coefficient (Wildman–Crippen LogP) is 1.43. The Labute approximate surface area is 113 Å². The molecule has 0 spiro atoms. The number of aromatic amines is 1. The molecule has 0 fully saturated rings. The van der Waals surface area contributed by atoms with Gasteiger partial charge in [0.05, 0.1) is 14.2 Å². The molecular formula is C12H12N4O4. The number of H-pyrrole nitrogens is 1. The summed E-state index contributed by atoms with van der Waals surface area (Å²) in [7, 11) is 3.01. The number of nitroso groups, excluding NO2 is 1. The molecule has 0 aliphatic rings. The summed E-state index contributed by atoms with van der Waals surface area (Å²) in [6, 6.07) is 4.97. The molecule has 0 atom stereocenters. The van der Waals surface area contributed by atoms with Crippen molar-refractivity contribution in [3.63, 3.8) is 0 Å². The van der Waals surface area contributed by atoms with Gasteiger partial charge in [-0.15, -0.1) is 4.91 Å². The normalized spacial score (nSPS) is 10.1. The smallest absolute Gasteiger partial charge is 0.282 e. The summed E-state index contributed by atoms with van der Waals surface area (Å²) >= 11 is 0. The first kappa shape index (κ1) is 13.5. The molecule has 1 aromatic carbocycles. The maximum absolute atomic E-state index is 11.6. The van der Waals surface area contributed by atoms with Crippen LogP contribution < -0.4 is 20.8 Å². The molecule has 8 nitrogen and oxygen atoms in total. The van der Waals surface area contributed by atoms with Crippen molar-refractivity contribution in [1.82, 2.24) is 9.97 Å². The van der Waals surface area contributed by atoms with Crippen LogP contribution in [0.3, 0.4) is 0 Å². The number of nitrogen functional groups attached to an aromatic ring is 1. The Balaban J connectivity index is 2.57. The highest BCUT2D eigenvalue weighted by atomic mass is 16.5. The van der Waals surface area contributed by atoms with Gasteiger partial charge < -0.3 is 20.2 Å². The summed E-state index contributed by atoms with van der Waals surface area (Å²) < 4.78 is 10.3. The van der Waals surface area contributed by atoms with Crippen molar-refractivity contribution in [2.24, 2.45) is 5.18 Å². The third-order valence-electron chi connectivity index (χ3n) is 2.67. The van der Waals surface area contributed by atoms with Crippen molar-refractivity contribution in [3.8, 4) is 22.9 Å². The molecule has 0 aliphatic carbocycles. The van der Waals surface area contributed by atoms with Crippen molar-refractivity contribution in [3.05, 3.63) is 33.5 Å². The zero-order valence-corrected chi connectivity index (χ0v) is 10.8. The minimum absolute atomic E-state index is 0.209. The van der Waals surface area contributed by atoms with Crippen molar-refractivity contribution >= 4 is 11.5 Å². The van der Waals surface area contributed by atoms with Gasteiger partial charge in [0.2, 0.25) is 5.69 Å². The summed E-state index contributed by atoms with van der Waals surface area (Å²) in [6.07, 6.45) is 0. The molecule has 20 heavy (non-hydrogen) atoms. The molecule has 8 heteroatoms. The van der Waals surface area contributed by atoms with Crippen molar-refractivity contribution in [2.45, 2.75) is 0 Å². The lowest BCUT2D eigenvalue weighted by molar-refractivity contribution is 0.355. The number of nitrogens with two attached hydrogens (primary N) is 1. The Morgan fingerprint density at radius 3 is 2.50 bits per heavy atom. The molecule has 0 aliphatic heterocycles. The van der Waals surface area contributed by atoms with E-state index in [1.54, 1.807) is 18.2 Å². The topological polar surface area (TPSA) is 120 Å². The van der Waals surface area contributed by atoms with Gasteiger partial charge in [-0.2, -0.15) is 0 Å². The molecular weight excluding hydrogens is 264 g/mol. The maximum Gasteiger partial charge on any atom is 0.282 e. The second-order valence-corrected chi connectivity index (χ2v) is 3.81. The number of methoxy groups -OCH3 is 2. The average molecular weight is 276 g/mol. The predicted molar refractivity (Wildman–Crippen MR) is 73.3 cm³/mol. The molecule has 0 amide bonds. The van der Waals surface area contributed by atoms with Crippen LogP contribution in [-0.2, 0) is 0 Å². The number of aromatic nitrogens is 2. The molecule has 0 saturated carbocycles. The zero-order chi connectivity index (χ0) is 14.7. The Morgan fingerprint density at radius 1 is 1.25 bits per heavy atom. The first-order valence-electron chi connectivity index (χ1n) is 5.56. The molecule has 2 aromatic rings. The van der Waals surface area contributed by atoms with Gasteiger partial charge in [0.15, 0.2) is 17.3 Å². The molecule has 0 radical (unpaired) electrons. The zero-order valence-electron chi connectivity index (χ0n) is 10.8. The van der Waals surface area contributed by atoms with Crippen LogP contribution in [0.5, 0.6) is 11.5 Å². The van der Waals surface area contributed by atoms with Crippen LogP contribution in [0, 0.1) is 4.91 Å². The Hall–Kier alpha value is -2.90. The van der Waals surface area contributed by atoms with Crippen molar-refractivity contribution in [1.29, 1.82) is 0 Å². The highest BCUT2D eigenvalue weighted by molar-refractivity contribution is 5.65. The number of nitrogens with one attached hydrogen (secondary N) is 1. The van der Waals surface area contributed by atoms with Gasteiger partial charge in [0, 0.05) is 5.56 Å². The first-order chi connectivity index (χ1) is 9.60. The molecule has 1 heterocycles. The fourth-order valence-electron chi connectivity index (χ4n) is 1.69. The van der Waals surface area contributed by atoms with Crippen LogP contribution in [0.2, 0.25) is 0 Å². The number of nitrogens with zero attached hydrogens (tertiary/aromatic N) is 2. The van der Waals surface area contributed by atoms with E-state index in [4.69, 9.17) is 15.2 Å². The van der Waals surface area contributed by atoms with Crippen LogP contribution >= 0.6 is 0 Å². The Bertz CT molecular complexity index is 711. The molecule has 0 saturated heterocycles. The lowest BCUT2D eigenvalue weighted by Gasteiger charge is -2.09. The van der Waals surface area contributed by atoms with Crippen molar-refractivity contribution < 1.29 is 9.47 Å². The van der Waals surface area contributed by atoms with Gasteiger partial charge in [-0.05, 0) is 23.4 Å². The molecule has 104 valence electrons. The highest BCUT2D eigenvalue weighted by Gasteiger charge is 2.12. The standard InChI is InChI=1S/C12H12N4O4/c1-19-7-4-3-6(5-8(7)20-2)11-14-10(13)9(16-18)12(17)15-11/h3-5H,1-2H3,(H3,13,14,15,17). The molecule has 1 aromatic heterocycles. The minimum atomic E-state index is -0.697. The quantitative estimate of drug-likeness (QED) is 0.815. The third-order valence-corrected chi connectivity index (χ3v) is 2.67. The second kappa shape index (κ2) is 5.39. The SMILES string of the molecule is COc1ccc(-c2nc(N)c(N=O)c(=O)[nH]2)cc1OC. The van der Waals surface area contributed by atoms with Gasteiger partial charge in [-0.3, -0.25) is 4.79 Å². The van der Waals surface area contributed by atoms with Crippen LogP contribution in [0.15, 0.2) is 28.2 Å². The third kappa shape index (κ3) is 2.30. The number of anilines is 1. The average Bonchev–Trinajstić information content (AvgIpc) is 2.46. The molecule has 0 unspecified atom stereocenters. The van der Waals surface area contributed by atoms with Crippen molar-refractivity contribution in [2.75, 3.05) is 20.0 Å². The molecule has 2 rings (SSSR count). The van der Waals surface area contributed by atoms with E-state index >= 15 is 0 Å². The van der Waals surface area contributed by atoms with E-state index in [9.17, 15) is 9.70 Å². The summed E-state index contributed by atoms with van der Waals surface area (Å²) in [4.78, 5) is 28.4. The van der Waals surface area contributed by atoms with Gasteiger partial charge in [-0.25, -0.2) is 4.98 Å². The van der Waals surface area contributed by atoms with E-state index in [0.29, 0.717) is 17.1 Å². The van der Waals surface area contributed by atoms with E-state index in [-0.39, 0.29) is 11.6 Å². The van der Waals surface area contributed by atoms with Gasteiger partial charge >= 0.3 is 0 Å². The van der Waals surface area contributed by atoms with Crippen LogP contribution in [0.1, 0.15) is 0 Å². The van der Waals surface area contributed by atoms with E-state index < -0.39 is 11.2 Å². The monoisotopic (exact) mass is 276 g/mol. The Kier molecular flexibility index (Phi) is 3.65. The van der Waals surface area contributed by atoms with E-state index in [0.717, 1.165) is 0 Å². The van der Waals surface area contributed by atoms with Gasteiger partial charge in [0.1, 0.15) is 5.82 Å². The van der Waals surface area contributed by atoms with Crippen LogP contribution in [-0.4, -0.2) is 24.2 Å². The number of hydrogen-bond acceptors (Lipinski definition) is 7. The van der Waals surface area contributed by atoms with Crippen LogP contribution in [0.25, 0.3) is 11.4 Å². The van der Waals surface area contributed by atoms with E-state index in [1.165, 1.54) is 14.2 Å². The van der Waals surface area contributed by atoms with Gasteiger partial charge in [0.25, 0.3) is 5.56 Å². The second-order valence-electron chi connectivity index (χ2n) is 3.81. The summed E-state index contributed by atoms with van der Waals surface area (Å²) in [5.41, 5.74) is 4.94. The maximum atomic E-state index is 11.6. The van der Waals surface area contributed by atoms with E-state index in [2.05, 4.69) is 15.1 Å². The molecule has 0 bridgehead atoms. The number of benzene rings is 1. The lowest BCUT2D eigenvalue weighted by Crippen LogP contribution is -2.11. The Morgan fingerprint density at radius 2 is 1.95 bits per heavy atom. The first-order valence-corrected chi connectivity index (χ1v) is 5.56. The van der Waals surface area contributed by atoms with E-state index in [1.807, 2.05) is 0 Å². The summed E-state index contributed by atoms with van der Waals surface area (Å²) in [6.45, 7) is 0. The summed E-state index contributed by atoms with van der Waals surface area (Å²) in [5.74, 6) is 0.996. The summed E-state index contributed by atoms with van der Waals surface area (Å²) in [5, 5.41) is 2.54. The number of ether oxygens (including phenoxy) is 2. The van der Waals surface area contributed by atoms with Gasteiger partial charge in [-0.1, -0.05) is 0 Å². The number of hydrogen-bond donors (Lipinski definition) is 2. The lowest BCUT2D eigenvalue weighted by atomic mass is 10.2. The minimum Gasteiger partial charge on any atom is -0.493 e. The number of rotatable bonds is 4. The van der Waals surface area contributed by atoms with Crippen LogP contribution in [0.4, 0.5) is 11.5 Å². The largest absolute Gasteiger partial charge is 0.493 e. The molecule has 3 N–H and O–H groups in total. The fraction of sp³-hybridized carbons (Fsp3) is 0.167. The highest BCUT2D eigenvalue weighted by Crippen LogP contribution is 2.31. The fourth-order valence-corrected chi connectivity index (χ4v) is 1.69.